The lowest BCUT2D eigenvalue weighted by Crippen LogP contribution is -2.35. The summed E-state index contributed by atoms with van der Waals surface area (Å²) in [6, 6.07) is 14.2. The first-order valence-corrected chi connectivity index (χ1v) is 8.31. The molecule has 1 fully saturated rings. The molecule has 3 rings (SSSR count). The molecule has 1 aliphatic carbocycles. The number of halogens is 2. The molecule has 0 atom stereocenters. The minimum atomic E-state index is -1.01. The molecule has 1 aliphatic rings. The van der Waals surface area contributed by atoms with Crippen molar-refractivity contribution < 1.29 is 9.59 Å². The van der Waals surface area contributed by atoms with E-state index in [1.165, 1.54) is 0 Å². The average molecular weight is 394 g/mol. The topological polar surface area (TPSA) is 58.2 Å². The number of hydrogen-bond donors (Lipinski definition) is 2. The van der Waals surface area contributed by atoms with Crippen molar-refractivity contribution in [1.29, 1.82) is 0 Å². The first-order valence-electron chi connectivity index (χ1n) is 7.14. The highest BCUT2D eigenvalue weighted by Crippen LogP contribution is 2.47. The fraction of sp³-hybridized carbons (Fsp3) is 0.176. The van der Waals surface area contributed by atoms with E-state index in [-0.39, 0.29) is 11.8 Å². The fourth-order valence-corrected chi connectivity index (χ4v) is 2.89. The van der Waals surface area contributed by atoms with Gasteiger partial charge in [-0.3, -0.25) is 9.59 Å². The van der Waals surface area contributed by atoms with Crippen LogP contribution in [0.1, 0.15) is 12.8 Å². The third-order valence-corrected chi connectivity index (χ3v) is 4.65. The molecular formula is C17H14BrClN2O2. The van der Waals surface area contributed by atoms with Crippen LogP contribution in [0.3, 0.4) is 0 Å². The van der Waals surface area contributed by atoms with Crippen LogP contribution in [-0.2, 0) is 9.59 Å². The van der Waals surface area contributed by atoms with Gasteiger partial charge in [0.05, 0.1) is 10.7 Å². The summed E-state index contributed by atoms with van der Waals surface area (Å²) < 4.78 is 0.862. The van der Waals surface area contributed by atoms with Gasteiger partial charge >= 0.3 is 0 Å². The standard InChI is InChI=1S/C17H14BrClN2O2/c18-11-4-3-5-12(10-11)20-15(22)17(8-9-17)16(23)21-14-7-2-1-6-13(14)19/h1-7,10H,8-9H2,(H,20,22)(H,21,23). The van der Waals surface area contributed by atoms with Crippen molar-refractivity contribution in [2.75, 3.05) is 10.6 Å². The molecule has 0 heterocycles. The van der Waals surface area contributed by atoms with E-state index in [2.05, 4.69) is 26.6 Å². The summed E-state index contributed by atoms with van der Waals surface area (Å²) in [4.78, 5) is 25.0. The molecule has 0 radical (unpaired) electrons. The molecule has 0 saturated heterocycles. The zero-order chi connectivity index (χ0) is 16.4. The minimum absolute atomic E-state index is 0.292. The van der Waals surface area contributed by atoms with Gasteiger partial charge < -0.3 is 10.6 Å². The average Bonchev–Trinajstić information content (AvgIpc) is 3.31. The molecule has 0 bridgehead atoms. The van der Waals surface area contributed by atoms with Crippen LogP contribution >= 0.6 is 27.5 Å². The molecule has 6 heteroatoms. The van der Waals surface area contributed by atoms with Gasteiger partial charge in [0, 0.05) is 10.2 Å². The number of hydrogen-bond acceptors (Lipinski definition) is 2. The maximum absolute atomic E-state index is 12.5. The van der Waals surface area contributed by atoms with Crippen molar-refractivity contribution in [2.45, 2.75) is 12.8 Å². The van der Waals surface area contributed by atoms with Gasteiger partial charge in [0.1, 0.15) is 5.41 Å². The molecule has 118 valence electrons. The molecule has 2 aromatic rings. The molecule has 0 aliphatic heterocycles. The lowest BCUT2D eigenvalue weighted by molar-refractivity contribution is -0.131. The van der Waals surface area contributed by atoms with Crippen molar-refractivity contribution in [3.63, 3.8) is 0 Å². The number of nitrogens with one attached hydrogen (secondary N) is 2. The normalized spacial score (nSPS) is 14.9. The number of benzene rings is 2. The largest absolute Gasteiger partial charge is 0.325 e. The molecule has 0 aromatic heterocycles. The van der Waals surface area contributed by atoms with Gasteiger partial charge in [0.25, 0.3) is 0 Å². The zero-order valence-corrected chi connectivity index (χ0v) is 14.4. The molecule has 0 unspecified atom stereocenters. The summed E-state index contributed by atoms with van der Waals surface area (Å²) in [7, 11) is 0. The number of amides is 2. The number of rotatable bonds is 4. The fourth-order valence-electron chi connectivity index (χ4n) is 2.30. The summed E-state index contributed by atoms with van der Waals surface area (Å²) >= 11 is 9.40. The molecule has 2 N–H and O–H groups in total. The Kier molecular flexibility index (Phi) is 4.41. The Hall–Kier alpha value is -1.85. The highest BCUT2D eigenvalue weighted by atomic mass is 79.9. The Bertz CT molecular complexity index is 775. The third-order valence-electron chi connectivity index (χ3n) is 3.82. The molecule has 2 aromatic carbocycles. The second-order valence-corrected chi connectivity index (χ2v) is 6.80. The van der Waals surface area contributed by atoms with Crippen LogP contribution < -0.4 is 10.6 Å². The van der Waals surface area contributed by atoms with Crippen molar-refractivity contribution in [3.05, 3.63) is 58.0 Å². The second-order valence-electron chi connectivity index (χ2n) is 5.48. The van der Waals surface area contributed by atoms with Crippen molar-refractivity contribution in [1.82, 2.24) is 0 Å². The summed E-state index contributed by atoms with van der Waals surface area (Å²) in [5.41, 5.74) is 0.156. The van der Waals surface area contributed by atoms with Crippen molar-refractivity contribution >= 4 is 50.7 Å². The van der Waals surface area contributed by atoms with Gasteiger partial charge in [0.2, 0.25) is 11.8 Å². The van der Waals surface area contributed by atoms with E-state index >= 15 is 0 Å². The monoisotopic (exact) mass is 392 g/mol. The number of carbonyl (C=O) groups excluding carboxylic acids is 2. The molecule has 0 spiro atoms. The lowest BCUT2D eigenvalue weighted by Gasteiger charge is -2.16. The van der Waals surface area contributed by atoms with Gasteiger partial charge in [0.15, 0.2) is 0 Å². The predicted molar refractivity (Wildman–Crippen MR) is 94.5 cm³/mol. The van der Waals surface area contributed by atoms with Crippen LogP contribution in [0.2, 0.25) is 5.02 Å². The number of carbonyl (C=O) groups is 2. The molecule has 2 amide bonds. The SMILES string of the molecule is O=C(Nc1cccc(Br)c1)C1(C(=O)Nc2ccccc2Cl)CC1. The number of para-hydroxylation sites is 1. The Balaban J connectivity index is 1.72. The van der Waals surface area contributed by atoms with Crippen LogP contribution in [0.15, 0.2) is 53.0 Å². The molecule has 4 nitrogen and oxygen atoms in total. The number of anilines is 2. The quantitative estimate of drug-likeness (QED) is 0.754. The Morgan fingerprint density at radius 1 is 1.00 bits per heavy atom. The highest BCUT2D eigenvalue weighted by molar-refractivity contribution is 9.10. The molecule has 1 saturated carbocycles. The smallest absolute Gasteiger partial charge is 0.240 e. The first kappa shape index (κ1) is 16.0. The summed E-state index contributed by atoms with van der Waals surface area (Å²) in [5.74, 6) is -0.613. The van der Waals surface area contributed by atoms with E-state index in [1.807, 2.05) is 12.1 Å². The van der Waals surface area contributed by atoms with E-state index in [9.17, 15) is 9.59 Å². The Morgan fingerprint density at radius 3 is 2.35 bits per heavy atom. The maximum Gasteiger partial charge on any atom is 0.240 e. The van der Waals surface area contributed by atoms with Crippen LogP contribution in [0.5, 0.6) is 0 Å². The van der Waals surface area contributed by atoms with Crippen LogP contribution in [0.4, 0.5) is 11.4 Å². The summed E-state index contributed by atoms with van der Waals surface area (Å²) in [6.07, 6.45) is 1.06. The van der Waals surface area contributed by atoms with Gasteiger partial charge in [-0.1, -0.05) is 45.7 Å². The Labute approximate surface area is 147 Å². The highest BCUT2D eigenvalue weighted by Gasteiger charge is 2.56. The van der Waals surface area contributed by atoms with Crippen LogP contribution in [-0.4, -0.2) is 11.8 Å². The van der Waals surface area contributed by atoms with Crippen molar-refractivity contribution in [3.8, 4) is 0 Å². The van der Waals surface area contributed by atoms with Crippen molar-refractivity contribution in [2.24, 2.45) is 5.41 Å². The summed E-state index contributed by atoms with van der Waals surface area (Å²) in [5, 5.41) is 6.00. The van der Waals surface area contributed by atoms with E-state index in [4.69, 9.17) is 11.6 Å². The molecular weight excluding hydrogens is 380 g/mol. The zero-order valence-electron chi connectivity index (χ0n) is 12.1. The Morgan fingerprint density at radius 2 is 1.70 bits per heavy atom. The van der Waals surface area contributed by atoms with E-state index in [0.717, 1.165) is 4.47 Å². The minimum Gasteiger partial charge on any atom is -0.325 e. The van der Waals surface area contributed by atoms with Crippen LogP contribution in [0, 0.1) is 5.41 Å². The summed E-state index contributed by atoms with van der Waals surface area (Å²) in [6.45, 7) is 0. The maximum atomic E-state index is 12.5. The predicted octanol–water partition coefficient (Wildman–Crippen LogP) is 4.46. The van der Waals surface area contributed by atoms with Crippen LogP contribution in [0.25, 0.3) is 0 Å². The molecule has 23 heavy (non-hydrogen) atoms. The van der Waals surface area contributed by atoms with E-state index < -0.39 is 5.41 Å². The lowest BCUT2D eigenvalue weighted by atomic mass is 10.0. The first-order chi connectivity index (χ1) is 11.0. The van der Waals surface area contributed by atoms with Gasteiger partial charge in [-0.2, -0.15) is 0 Å². The van der Waals surface area contributed by atoms with Gasteiger partial charge in [-0.05, 0) is 43.2 Å². The van der Waals surface area contributed by atoms with E-state index in [1.54, 1.807) is 36.4 Å². The van der Waals surface area contributed by atoms with Gasteiger partial charge in [-0.25, -0.2) is 0 Å². The van der Waals surface area contributed by atoms with E-state index in [0.29, 0.717) is 29.2 Å². The van der Waals surface area contributed by atoms with Gasteiger partial charge in [-0.15, -0.1) is 0 Å². The second kappa shape index (κ2) is 6.34. The third kappa shape index (κ3) is 3.41.